The molecule has 0 aliphatic carbocycles. The summed E-state index contributed by atoms with van der Waals surface area (Å²) in [5, 5.41) is 6.67. The molecule has 0 atom stereocenters. The molecular formula is C23H32N6O3. The minimum Gasteiger partial charge on any atom is -0.497 e. The van der Waals surface area contributed by atoms with E-state index in [4.69, 9.17) is 15.2 Å². The van der Waals surface area contributed by atoms with Gasteiger partial charge in [-0.1, -0.05) is 6.07 Å². The number of benzene rings is 1. The maximum absolute atomic E-state index is 11.5. The van der Waals surface area contributed by atoms with Gasteiger partial charge in [-0.25, -0.2) is 4.98 Å². The lowest BCUT2D eigenvalue weighted by molar-refractivity contribution is -0.122. The Bertz CT molecular complexity index is 941. The van der Waals surface area contributed by atoms with Crippen molar-refractivity contribution in [2.24, 2.45) is 16.6 Å². The van der Waals surface area contributed by atoms with Gasteiger partial charge in [0.1, 0.15) is 17.3 Å². The van der Waals surface area contributed by atoms with Crippen LogP contribution in [0.15, 0.2) is 41.5 Å². The Balaban J connectivity index is 1.60. The van der Waals surface area contributed by atoms with Crippen LogP contribution in [0.25, 0.3) is 0 Å². The van der Waals surface area contributed by atoms with Crippen LogP contribution in [0.2, 0.25) is 0 Å². The molecule has 0 spiro atoms. The molecule has 32 heavy (non-hydrogen) atoms. The summed E-state index contributed by atoms with van der Waals surface area (Å²) in [5.41, 5.74) is 7.52. The number of methoxy groups -OCH3 is 2. The van der Waals surface area contributed by atoms with Crippen LogP contribution in [-0.4, -0.2) is 51.2 Å². The number of guanidine groups is 1. The number of amides is 1. The lowest BCUT2D eigenvalue weighted by atomic mass is 9.96. The molecule has 172 valence electrons. The average Bonchev–Trinajstić information content (AvgIpc) is 2.84. The fourth-order valence-electron chi connectivity index (χ4n) is 3.81. The van der Waals surface area contributed by atoms with Crippen LogP contribution >= 0.6 is 0 Å². The number of carbonyl (C=O) groups is 1. The largest absolute Gasteiger partial charge is 0.497 e. The van der Waals surface area contributed by atoms with Crippen LogP contribution < -0.4 is 30.7 Å². The van der Waals surface area contributed by atoms with Crippen LogP contribution in [-0.2, 0) is 17.9 Å². The average molecular weight is 441 g/mol. The highest BCUT2D eigenvalue weighted by Crippen LogP contribution is 2.25. The van der Waals surface area contributed by atoms with Gasteiger partial charge in [0, 0.05) is 62.5 Å². The zero-order chi connectivity index (χ0) is 22.9. The lowest BCUT2D eigenvalue weighted by Crippen LogP contribution is -2.40. The van der Waals surface area contributed by atoms with Crippen LogP contribution in [0.1, 0.15) is 24.0 Å². The Morgan fingerprint density at radius 3 is 2.50 bits per heavy atom. The van der Waals surface area contributed by atoms with Gasteiger partial charge < -0.3 is 30.7 Å². The maximum atomic E-state index is 11.5. The Morgan fingerprint density at radius 2 is 1.88 bits per heavy atom. The van der Waals surface area contributed by atoms with E-state index in [1.165, 1.54) is 0 Å². The normalized spacial score (nSPS) is 14.7. The molecule has 1 aromatic carbocycles. The molecule has 1 fully saturated rings. The SMILES string of the molecule is CN=C(NCc1ccc(OC)cc1OC)NCc1cccnc1N1CCC(C(N)=O)CC1. The molecule has 0 saturated carbocycles. The predicted molar refractivity (Wildman–Crippen MR) is 125 cm³/mol. The van der Waals surface area contributed by atoms with E-state index in [0.717, 1.165) is 54.4 Å². The lowest BCUT2D eigenvalue weighted by Gasteiger charge is -2.32. The van der Waals surface area contributed by atoms with E-state index in [0.29, 0.717) is 19.0 Å². The zero-order valence-corrected chi connectivity index (χ0v) is 18.9. The summed E-state index contributed by atoms with van der Waals surface area (Å²) in [7, 11) is 5.01. The minimum atomic E-state index is -0.212. The van der Waals surface area contributed by atoms with Crippen LogP contribution in [0.5, 0.6) is 11.5 Å². The van der Waals surface area contributed by atoms with E-state index in [-0.39, 0.29) is 11.8 Å². The molecule has 1 aliphatic heterocycles. The summed E-state index contributed by atoms with van der Waals surface area (Å²) in [5.74, 6) is 2.84. The Hall–Kier alpha value is -3.49. The second kappa shape index (κ2) is 11.2. The Labute approximate surface area is 189 Å². The third-order valence-electron chi connectivity index (χ3n) is 5.67. The van der Waals surface area contributed by atoms with Crippen LogP contribution in [0, 0.1) is 5.92 Å². The molecule has 4 N–H and O–H groups in total. The summed E-state index contributed by atoms with van der Waals surface area (Å²) in [6.07, 6.45) is 3.30. The molecule has 1 aliphatic rings. The number of piperidine rings is 1. The van der Waals surface area contributed by atoms with E-state index in [2.05, 4.69) is 31.6 Å². The molecule has 0 radical (unpaired) electrons. The zero-order valence-electron chi connectivity index (χ0n) is 18.9. The van der Waals surface area contributed by atoms with Crippen molar-refractivity contribution in [2.75, 3.05) is 39.3 Å². The van der Waals surface area contributed by atoms with Gasteiger partial charge in [0.2, 0.25) is 5.91 Å². The number of ether oxygens (including phenoxy) is 2. The van der Waals surface area contributed by atoms with Crippen LogP contribution in [0.3, 0.4) is 0 Å². The Morgan fingerprint density at radius 1 is 1.16 bits per heavy atom. The first kappa shape index (κ1) is 23.2. The second-order valence-electron chi connectivity index (χ2n) is 7.61. The van der Waals surface area contributed by atoms with Crippen LogP contribution in [0.4, 0.5) is 5.82 Å². The number of hydrogen-bond donors (Lipinski definition) is 3. The number of carbonyl (C=O) groups excluding carboxylic acids is 1. The third kappa shape index (κ3) is 5.81. The molecule has 1 aromatic heterocycles. The van der Waals surface area contributed by atoms with Gasteiger partial charge in [-0.2, -0.15) is 0 Å². The topological polar surface area (TPSA) is 114 Å². The standard InChI is InChI=1S/C23H32N6O3/c1-25-23(27-14-17-6-7-19(31-2)13-20(17)32-3)28-15-18-5-4-10-26-22(18)29-11-8-16(9-12-29)21(24)30/h4-7,10,13,16H,8-9,11-12,14-15H2,1-3H3,(H2,24,30)(H2,25,27,28). The Kier molecular flexibility index (Phi) is 8.13. The third-order valence-corrected chi connectivity index (χ3v) is 5.67. The van der Waals surface area contributed by atoms with Gasteiger partial charge in [0.05, 0.1) is 14.2 Å². The number of pyridine rings is 1. The molecule has 3 rings (SSSR count). The summed E-state index contributed by atoms with van der Waals surface area (Å²) in [6, 6.07) is 9.70. The van der Waals surface area contributed by atoms with E-state index in [1.54, 1.807) is 27.5 Å². The first-order valence-electron chi connectivity index (χ1n) is 10.7. The molecular weight excluding hydrogens is 408 g/mol. The minimum absolute atomic E-state index is 0.0467. The van der Waals surface area contributed by atoms with Gasteiger partial charge in [-0.15, -0.1) is 0 Å². The predicted octanol–water partition coefficient (Wildman–Crippen LogP) is 1.67. The molecule has 0 unspecified atom stereocenters. The van der Waals surface area contributed by atoms with Gasteiger partial charge >= 0.3 is 0 Å². The number of rotatable bonds is 8. The highest BCUT2D eigenvalue weighted by atomic mass is 16.5. The maximum Gasteiger partial charge on any atom is 0.220 e. The van der Waals surface area contributed by atoms with Gasteiger partial charge in [0.25, 0.3) is 0 Å². The van der Waals surface area contributed by atoms with Crippen molar-refractivity contribution in [1.82, 2.24) is 15.6 Å². The molecule has 1 saturated heterocycles. The summed E-state index contributed by atoms with van der Waals surface area (Å²) in [6.45, 7) is 2.65. The molecule has 2 aromatic rings. The monoisotopic (exact) mass is 440 g/mol. The molecule has 0 bridgehead atoms. The number of anilines is 1. The van der Waals surface area contributed by atoms with Crippen molar-refractivity contribution < 1.29 is 14.3 Å². The van der Waals surface area contributed by atoms with Crippen molar-refractivity contribution in [3.63, 3.8) is 0 Å². The van der Waals surface area contributed by atoms with E-state index >= 15 is 0 Å². The van der Waals surface area contributed by atoms with Crippen molar-refractivity contribution in [3.8, 4) is 11.5 Å². The number of nitrogens with two attached hydrogens (primary N) is 1. The van der Waals surface area contributed by atoms with E-state index < -0.39 is 0 Å². The number of hydrogen-bond acceptors (Lipinski definition) is 6. The molecule has 2 heterocycles. The number of aliphatic imine (C=N–C) groups is 1. The fourth-order valence-corrected chi connectivity index (χ4v) is 3.81. The van der Waals surface area contributed by atoms with Gasteiger partial charge in [-0.3, -0.25) is 9.79 Å². The molecule has 9 nitrogen and oxygen atoms in total. The second-order valence-corrected chi connectivity index (χ2v) is 7.61. The van der Waals surface area contributed by atoms with Gasteiger partial charge in [0.15, 0.2) is 5.96 Å². The summed E-state index contributed by atoms with van der Waals surface area (Å²) < 4.78 is 10.7. The van der Waals surface area contributed by atoms with Gasteiger partial charge in [-0.05, 0) is 31.0 Å². The van der Waals surface area contributed by atoms with Crippen molar-refractivity contribution >= 4 is 17.7 Å². The highest BCUT2D eigenvalue weighted by molar-refractivity contribution is 5.80. The van der Waals surface area contributed by atoms with E-state index in [1.807, 2.05) is 24.3 Å². The smallest absolute Gasteiger partial charge is 0.220 e. The molecule has 9 heteroatoms. The van der Waals surface area contributed by atoms with E-state index in [9.17, 15) is 4.79 Å². The number of nitrogens with zero attached hydrogens (tertiary/aromatic N) is 3. The summed E-state index contributed by atoms with van der Waals surface area (Å²) >= 11 is 0. The molecule has 1 amide bonds. The van der Waals surface area contributed by atoms with Crippen molar-refractivity contribution in [1.29, 1.82) is 0 Å². The first-order valence-corrected chi connectivity index (χ1v) is 10.7. The highest BCUT2D eigenvalue weighted by Gasteiger charge is 2.25. The number of nitrogens with one attached hydrogen (secondary N) is 2. The van der Waals surface area contributed by atoms with Crippen molar-refractivity contribution in [2.45, 2.75) is 25.9 Å². The van der Waals surface area contributed by atoms with Crippen molar-refractivity contribution in [3.05, 3.63) is 47.7 Å². The fraction of sp³-hybridized carbons (Fsp3) is 0.435. The first-order chi connectivity index (χ1) is 15.5. The summed E-state index contributed by atoms with van der Waals surface area (Å²) in [4.78, 5) is 22.6. The quantitative estimate of drug-likeness (QED) is 0.423. The number of primary amides is 1. The number of aromatic nitrogens is 1.